The number of nitrogens with one attached hydrogen (secondary N) is 1. The molecule has 12 heavy (non-hydrogen) atoms. The maximum absolute atomic E-state index is 10.8. The van der Waals surface area contributed by atoms with Gasteiger partial charge < -0.3 is 5.73 Å². The second-order valence-corrected chi connectivity index (χ2v) is 3.09. The number of rotatable bonds is 3. The van der Waals surface area contributed by atoms with Gasteiger partial charge in [0.2, 0.25) is 5.91 Å². The van der Waals surface area contributed by atoms with Crippen LogP contribution in [-0.2, 0) is 4.79 Å². The zero-order valence-corrected chi connectivity index (χ0v) is 6.88. The van der Waals surface area contributed by atoms with Crippen LogP contribution in [0.1, 0.15) is 25.7 Å². The minimum Gasteiger partial charge on any atom is -0.351 e. The molecule has 1 aliphatic carbocycles. The van der Waals surface area contributed by atoms with Crippen molar-refractivity contribution in [3.05, 3.63) is 6.42 Å². The Balaban J connectivity index is 2.05. The van der Waals surface area contributed by atoms with E-state index in [1.807, 2.05) is 5.32 Å². The van der Waals surface area contributed by atoms with E-state index in [4.69, 9.17) is 5.73 Å². The van der Waals surface area contributed by atoms with Crippen molar-refractivity contribution in [2.75, 3.05) is 0 Å². The molecule has 4 heteroatoms. The van der Waals surface area contributed by atoms with E-state index < -0.39 is 6.03 Å². The van der Waals surface area contributed by atoms with E-state index >= 15 is 0 Å². The van der Waals surface area contributed by atoms with Crippen molar-refractivity contribution in [2.24, 2.45) is 11.7 Å². The van der Waals surface area contributed by atoms with Gasteiger partial charge >= 0.3 is 6.03 Å². The number of urea groups is 1. The summed E-state index contributed by atoms with van der Waals surface area (Å²) < 4.78 is 0. The average molecular weight is 169 g/mol. The average Bonchev–Trinajstić information content (AvgIpc) is 1.81. The summed E-state index contributed by atoms with van der Waals surface area (Å²) in [5.74, 6) is 0.262. The molecule has 67 valence electrons. The standard InChI is InChI=1S/C8H13N2O2/c9-8(12)10-7(11)5-4-6-2-1-3-6/h5-6H,1-4H2,(H3,9,10,11,12). The zero-order valence-electron chi connectivity index (χ0n) is 6.88. The number of nitrogens with two attached hydrogens (primary N) is 1. The monoisotopic (exact) mass is 169 g/mol. The smallest absolute Gasteiger partial charge is 0.318 e. The summed E-state index contributed by atoms with van der Waals surface area (Å²) in [5, 5.41) is 1.99. The Morgan fingerprint density at radius 2 is 2.17 bits per heavy atom. The van der Waals surface area contributed by atoms with Crippen molar-refractivity contribution in [1.82, 2.24) is 5.32 Å². The van der Waals surface area contributed by atoms with Crippen LogP contribution in [-0.4, -0.2) is 11.9 Å². The summed E-state index contributed by atoms with van der Waals surface area (Å²) >= 11 is 0. The first-order valence-corrected chi connectivity index (χ1v) is 4.12. The molecule has 1 aliphatic rings. The number of carbonyl (C=O) groups is 2. The van der Waals surface area contributed by atoms with Gasteiger partial charge in [0.1, 0.15) is 0 Å². The Morgan fingerprint density at radius 1 is 1.50 bits per heavy atom. The minimum atomic E-state index is -0.787. The molecule has 3 N–H and O–H groups in total. The van der Waals surface area contributed by atoms with E-state index in [0.29, 0.717) is 5.92 Å². The molecular weight excluding hydrogens is 156 g/mol. The van der Waals surface area contributed by atoms with Crippen molar-refractivity contribution < 1.29 is 9.59 Å². The summed E-state index contributed by atoms with van der Waals surface area (Å²) in [4.78, 5) is 21.0. The van der Waals surface area contributed by atoms with E-state index in [2.05, 4.69) is 0 Å². The number of primary amides is 1. The van der Waals surface area contributed by atoms with Crippen molar-refractivity contribution in [1.29, 1.82) is 0 Å². The van der Waals surface area contributed by atoms with Gasteiger partial charge in [-0.1, -0.05) is 19.3 Å². The first-order chi connectivity index (χ1) is 5.68. The van der Waals surface area contributed by atoms with E-state index in [1.54, 1.807) is 0 Å². The van der Waals surface area contributed by atoms with Crippen molar-refractivity contribution >= 4 is 11.9 Å². The van der Waals surface area contributed by atoms with Gasteiger partial charge in [0.05, 0.1) is 6.42 Å². The largest absolute Gasteiger partial charge is 0.351 e. The van der Waals surface area contributed by atoms with Crippen molar-refractivity contribution in [3.63, 3.8) is 0 Å². The molecule has 0 unspecified atom stereocenters. The van der Waals surface area contributed by atoms with Crippen LogP contribution in [0.3, 0.4) is 0 Å². The van der Waals surface area contributed by atoms with Crippen LogP contribution in [0.2, 0.25) is 0 Å². The molecule has 0 aromatic heterocycles. The maximum atomic E-state index is 10.8. The lowest BCUT2D eigenvalue weighted by Crippen LogP contribution is -2.35. The fourth-order valence-corrected chi connectivity index (χ4v) is 1.17. The molecule has 0 aliphatic heterocycles. The predicted octanol–water partition coefficient (Wildman–Crippen LogP) is 0.576. The summed E-state index contributed by atoms with van der Waals surface area (Å²) in [6.07, 6.45) is 5.91. The number of hydrogen-bond acceptors (Lipinski definition) is 2. The Hall–Kier alpha value is -1.06. The molecule has 0 aromatic rings. The second kappa shape index (κ2) is 4.09. The summed E-state index contributed by atoms with van der Waals surface area (Å²) in [5.41, 5.74) is 4.76. The van der Waals surface area contributed by atoms with Gasteiger partial charge in [-0.05, 0) is 12.3 Å². The third kappa shape index (κ3) is 2.90. The molecule has 1 radical (unpaired) electrons. The topological polar surface area (TPSA) is 72.2 Å². The van der Waals surface area contributed by atoms with E-state index in [-0.39, 0.29) is 5.91 Å². The van der Waals surface area contributed by atoms with Gasteiger partial charge in [0, 0.05) is 0 Å². The van der Waals surface area contributed by atoms with Gasteiger partial charge in [0.25, 0.3) is 0 Å². The van der Waals surface area contributed by atoms with Gasteiger partial charge in [0.15, 0.2) is 0 Å². The zero-order chi connectivity index (χ0) is 8.97. The molecule has 0 bridgehead atoms. The normalized spacial score (nSPS) is 16.7. The van der Waals surface area contributed by atoms with E-state index in [1.165, 1.54) is 25.7 Å². The molecule has 4 nitrogen and oxygen atoms in total. The lowest BCUT2D eigenvalue weighted by atomic mass is 9.82. The molecule has 1 rings (SSSR count). The molecule has 0 atom stereocenters. The van der Waals surface area contributed by atoms with Gasteiger partial charge in [-0.3, -0.25) is 10.1 Å². The summed E-state index contributed by atoms with van der Waals surface area (Å²) in [6.45, 7) is 0. The van der Waals surface area contributed by atoms with Crippen LogP contribution in [0.5, 0.6) is 0 Å². The van der Waals surface area contributed by atoms with Crippen LogP contribution >= 0.6 is 0 Å². The fraction of sp³-hybridized carbons (Fsp3) is 0.625. The molecular formula is C8H13N2O2. The Bertz CT molecular complexity index is 187. The molecule has 0 spiro atoms. The lowest BCUT2D eigenvalue weighted by molar-refractivity contribution is -0.117. The lowest BCUT2D eigenvalue weighted by Gasteiger charge is -2.24. The van der Waals surface area contributed by atoms with Gasteiger partial charge in [-0.25, -0.2) is 4.79 Å². The fourth-order valence-electron chi connectivity index (χ4n) is 1.17. The van der Waals surface area contributed by atoms with Gasteiger partial charge in [-0.15, -0.1) is 0 Å². The van der Waals surface area contributed by atoms with Crippen LogP contribution in [0.15, 0.2) is 0 Å². The predicted molar refractivity (Wildman–Crippen MR) is 44.0 cm³/mol. The number of imide groups is 1. The highest BCUT2D eigenvalue weighted by molar-refractivity contribution is 5.97. The van der Waals surface area contributed by atoms with Crippen molar-refractivity contribution in [3.8, 4) is 0 Å². The van der Waals surface area contributed by atoms with E-state index in [9.17, 15) is 9.59 Å². The number of carbonyl (C=O) groups excluding carboxylic acids is 2. The Morgan fingerprint density at radius 3 is 2.58 bits per heavy atom. The molecule has 0 heterocycles. The Kier molecular flexibility index (Phi) is 3.08. The molecule has 0 saturated heterocycles. The number of amides is 3. The molecule has 1 fully saturated rings. The second-order valence-electron chi connectivity index (χ2n) is 3.09. The van der Waals surface area contributed by atoms with Crippen LogP contribution < -0.4 is 11.1 Å². The highest BCUT2D eigenvalue weighted by Gasteiger charge is 2.18. The third-order valence-electron chi connectivity index (χ3n) is 2.11. The number of hydrogen-bond donors (Lipinski definition) is 2. The highest BCUT2D eigenvalue weighted by atomic mass is 16.2. The minimum absolute atomic E-state index is 0.380. The summed E-state index contributed by atoms with van der Waals surface area (Å²) in [7, 11) is 0. The molecule has 0 aromatic carbocycles. The van der Waals surface area contributed by atoms with E-state index in [0.717, 1.165) is 6.42 Å². The Labute approximate surface area is 71.5 Å². The van der Waals surface area contributed by atoms with Crippen LogP contribution in [0, 0.1) is 12.3 Å². The third-order valence-corrected chi connectivity index (χ3v) is 2.11. The highest BCUT2D eigenvalue weighted by Crippen LogP contribution is 2.29. The quantitative estimate of drug-likeness (QED) is 0.648. The first kappa shape index (κ1) is 9.03. The van der Waals surface area contributed by atoms with Gasteiger partial charge in [-0.2, -0.15) is 0 Å². The van der Waals surface area contributed by atoms with Crippen molar-refractivity contribution in [2.45, 2.75) is 25.7 Å². The first-order valence-electron chi connectivity index (χ1n) is 4.12. The molecule has 1 saturated carbocycles. The van der Waals surface area contributed by atoms with Crippen LogP contribution in [0.25, 0.3) is 0 Å². The SMILES string of the molecule is NC(=O)NC(=O)[CH]CC1CCC1. The maximum Gasteiger partial charge on any atom is 0.318 e. The van der Waals surface area contributed by atoms with Crippen LogP contribution in [0.4, 0.5) is 4.79 Å². The molecule has 3 amide bonds. The summed E-state index contributed by atoms with van der Waals surface area (Å²) in [6, 6.07) is -0.787.